The fraction of sp³-hybridized carbons (Fsp3) is 0.357. The number of benzene rings is 1. The number of carboxylic acids is 1. The summed E-state index contributed by atoms with van der Waals surface area (Å²) in [7, 11) is 0. The fourth-order valence-electron chi connectivity index (χ4n) is 1.85. The van der Waals surface area contributed by atoms with Crippen molar-refractivity contribution in [3.8, 4) is 0 Å². The SMILES string of the molecule is CC.CSc1cccc2c(CC(N)C(=O)O)c[nH]c12. The van der Waals surface area contributed by atoms with Gasteiger partial charge in [0.15, 0.2) is 0 Å². The number of aromatic amines is 1. The van der Waals surface area contributed by atoms with Gasteiger partial charge < -0.3 is 15.8 Å². The number of aliphatic carboxylic acids is 1. The largest absolute Gasteiger partial charge is 0.480 e. The van der Waals surface area contributed by atoms with Crippen molar-refractivity contribution < 1.29 is 9.90 Å². The van der Waals surface area contributed by atoms with Gasteiger partial charge in [0.1, 0.15) is 6.04 Å². The van der Waals surface area contributed by atoms with E-state index in [9.17, 15) is 4.79 Å². The van der Waals surface area contributed by atoms with Gasteiger partial charge in [0, 0.05) is 22.9 Å². The summed E-state index contributed by atoms with van der Waals surface area (Å²) in [4.78, 5) is 15.1. The molecule has 1 unspecified atom stereocenters. The highest BCUT2D eigenvalue weighted by Gasteiger charge is 2.15. The lowest BCUT2D eigenvalue weighted by Gasteiger charge is -2.05. The van der Waals surface area contributed by atoms with Gasteiger partial charge in [-0.15, -0.1) is 11.8 Å². The highest BCUT2D eigenvalue weighted by Crippen LogP contribution is 2.28. The van der Waals surface area contributed by atoms with E-state index in [-0.39, 0.29) is 0 Å². The number of carbonyl (C=O) groups is 1. The molecule has 4 nitrogen and oxygen atoms in total. The molecule has 1 atom stereocenters. The Morgan fingerprint density at radius 2 is 2.16 bits per heavy atom. The average molecular weight is 280 g/mol. The molecule has 0 bridgehead atoms. The lowest BCUT2D eigenvalue weighted by molar-refractivity contribution is -0.138. The second-order valence-electron chi connectivity index (χ2n) is 3.85. The third-order valence-electron chi connectivity index (χ3n) is 2.74. The van der Waals surface area contributed by atoms with Gasteiger partial charge >= 0.3 is 5.97 Å². The van der Waals surface area contributed by atoms with Crippen LogP contribution in [-0.2, 0) is 11.2 Å². The summed E-state index contributed by atoms with van der Waals surface area (Å²) >= 11 is 1.66. The van der Waals surface area contributed by atoms with E-state index in [0.717, 1.165) is 21.4 Å². The van der Waals surface area contributed by atoms with Crippen LogP contribution in [0.3, 0.4) is 0 Å². The van der Waals surface area contributed by atoms with Crippen molar-refractivity contribution in [2.24, 2.45) is 5.73 Å². The van der Waals surface area contributed by atoms with Crippen LogP contribution in [0, 0.1) is 0 Å². The van der Waals surface area contributed by atoms with Crippen LogP contribution in [0.25, 0.3) is 10.9 Å². The highest BCUT2D eigenvalue weighted by molar-refractivity contribution is 7.98. The Labute approximate surface area is 117 Å². The summed E-state index contributed by atoms with van der Waals surface area (Å²) in [6.07, 6.45) is 4.19. The summed E-state index contributed by atoms with van der Waals surface area (Å²) in [5, 5.41) is 9.86. The Morgan fingerprint density at radius 3 is 2.74 bits per heavy atom. The molecule has 1 heterocycles. The molecule has 0 aliphatic carbocycles. The number of H-pyrrole nitrogens is 1. The van der Waals surface area contributed by atoms with E-state index >= 15 is 0 Å². The van der Waals surface area contributed by atoms with Crippen LogP contribution in [0.2, 0.25) is 0 Å². The van der Waals surface area contributed by atoms with Crippen molar-refractivity contribution in [1.82, 2.24) is 4.98 Å². The first-order valence-electron chi connectivity index (χ1n) is 6.25. The zero-order valence-electron chi connectivity index (χ0n) is 11.4. The maximum absolute atomic E-state index is 10.7. The van der Waals surface area contributed by atoms with Gasteiger partial charge in [-0.1, -0.05) is 26.0 Å². The van der Waals surface area contributed by atoms with E-state index < -0.39 is 12.0 Å². The molecule has 0 saturated carbocycles. The second kappa shape index (κ2) is 7.21. The van der Waals surface area contributed by atoms with Crippen molar-refractivity contribution in [2.75, 3.05) is 6.26 Å². The zero-order chi connectivity index (χ0) is 14.4. The van der Waals surface area contributed by atoms with E-state index in [0.29, 0.717) is 6.42 Å². The third kappa shape index (κ3) is 3.52. The van der Waals surface area contributed by atoms with Gasteiger partial charge in [-0.2, -0.15) is 0 Å². The molecule has 0 fully saturated rings. The van der Waals surface area contributed by atoms with Gasteiger partial charge in [0.2, 0.25) is 0 Å². The van der Waals surface area contributed by atoms with Gasteiger partial charge in [-0.25, -0.2) is 0 Å². The Hall–Kier alpha value is -1.46. The molecule has 4 N–H and O–H groups in total. The number of aromatic nitrogens is 1. The van der Waals surface area contributed by atoms with E-state index in [2.05, 4.69) is 4.98 Å². The van der Waals surface area contributed by atoms with Gasteiger partial charge in [-0.05, 0) is 17.9 Å². The maximum Gasteiger partial charge on any atom is 0.320 e. The van der Waals surface area contributed by atoms with Crippen molar-refractivity contribution >= 4 is 28.6 Å². The molecule has 0 amide bonds. The number of rotatable bonds is 4. The van der Waals surface area contributed by atoms with E-state index in [1.807, 2.05) is 44.5 Å². The molecule has 2 rings (SSSR count). The Kier molecular flexibility index (Phi) is 5.92. The standard InChI is InChI=1S/C12H14N2O2S.C2H6/c1-17-10-4-2-3-8-7(6-14-11(8)10)5-9(13)12(15)16;1-2/h2-4,6,9,14H,5,13H2,1H3,(H,15,16);1-2H3. The highest BCUT2D eigenvalue weighted by atomic mass is 32.2. The van der Waals surface area contributed by atoms with Crippen LogP contribution < -0.4 is 5.73 Å². The molecule has 19 heavy (non-hydrogen) atoms. The zero-order valence-corrected chi connectivity index (χ0v) is 12.3. The predicted molar refractivity (Wildman–Crippen MR) is 80.7 cm³/mol. The van der Waals surface area contributed by atoms with Gasteiger partial charge in [0.25, 0.3) is 0 Å². The Balaban J connectivity index is 0.000000861. The van der Waals surface area contributed by atoms with E-state index in [4.69, 9.17) is 10.8 Å². The molecule has 0 radical (unpaired) electrons. The molecule has 0 spiro atoms. The first kappa shape index (κ1) is 15.6. The van der Waals surface area contributed by atoms with Crippen molar-refractivity contribution in [3.63, 3.8) is 0 Å². The Morgan fingerprint density at radius 1 is 1.47 bits per heavy atom. The summed E-state index contributed by atoms with van der Waals surface area (Å²) in [5.41, 5.74) is 7.55. The number of hydrogen-bond donors (Lipinski definition) is 3. The quantitative estimate of drug-likeness (QED) is 0.752. The molecular weight excluding hydrogens is 260 g/mol. The molecule has 5 heteroatoms. The summed E-state index contributed by atoms with van der Waals surface area (Å²) in [6.45, 7) is 4.00. The number of fused-ring (bicyclic) bond motifs is 1. The average Bonchev–Trinajstić information content (AvgIpc) is 2.84. The van der Waals surface area contributed by atoms with Crippen LogP contribution in [0.5, 0.6) is 0 Å². The third-order valence-corrected chi connectivity index (χ3v) is 3.52. The summed E-state index contributed by atoms with van der Waals surface area (Å²) in [5.74, 6) is -0.972. The van der Waals surface area contributed by atoms with E-state index in [1.165, 1.54) is 0 Å². The molecule has 1 aromatic carbocycles. The maximum atomic E-state index is 10.7. The van der Waals surface area contributed by atoms with Crippen LogP contribution >= 0.6 is 11.8 Å². The summed E-state index contributed by atoms with van der Waals surface area (Å²) < 4.78 is 0. The first-order valence-corrected chi connectivity index (χ1v) is 7.47. The van der Waals surface area contributed by atoms with Crippen LogP contribution in [0.15, 0.2) is 29.3 Å². The molecule has 104 valence electrons. The smallest absolute Gasteiger partial charge is 0.320 e. The van der Waals surface area contributed by atoms with Crippen molar-refractivity contribution in [1.29, 1.82) is 0 Å². The summed E-state index contributed by atoms with van der Waals surface area (Å²) in [6, 6.07) is 5.13. The monoisotopic (exact) mass is 280 g/mol. The Bertz CT molecular complexity index is 551. The van der Waals surface area contributed by atoms with Gasteiger partial charge in [0.05, 0.1) is 5.52 Å². The lowest BCUT2D eigenvalue weighted by Crippen LogP contribution is -2.32. The minimum Gasteiger partial charge on any atom is -0.480 e. The van der Waals surface area contributed by atoms with Crippen LogP contribution in [0.4, 0.5) is 0 Å². The number of nitrogens with two attached hydrogens (primary N) is 1. The topological polar surface area (TPSA) is 79.1 Å². The molecule has 1 aromatic heterocycles. The van der Waals surface area contributed by atoms with Gasteiger partial charge in [-0.3, -0.25) is 4.79 Å². The number of carboxylic acid groups (broad SMARTS) is 1. The first-order chi connectivity index (χ1) is 9.13. The number of thioether (sulfide) groups is 1. The number of nitrogens with one attached hydrogen (secondary N) is 1. The fourth-order valence-corrected chi connectivity index (χ4v) is 2.44. The van der Waals surface area contributed by atoms with E-state index in [1.54, 1.807) is 11.8 Å². The molecule has 0 saturated heterocycles. The second-order valence-corrected chi connectivity index (χ2v) is 4.69. The molecule has 2 aromatic rings. The van der Waals surface area contributed by atoms with Crippen LogP contribution in [0.1, 0.15) is 19.4 Å². The van der Waals surface area contributed by atoms with Crippen LogP contribution in [-0.4, -0.2) is 28.4 Å². The predicted octanol–water partition coefficient (Wildman–Crippen LogP) is 2.87. The molecule has 0 aliphatic heterocycles. The minimum atomic E-state index is -0.972. The number of hydrogen-bond acceptors (Lipinski definition) is 3. The lowest BCUT2D eigenvalue weighted by atomic mass is 10.1. The number of para-hydroxylation sites is 1. The normalized spacial score (nSPS) is 11.8. The minimum absolute atomic E-state index is 0.340. The van der Waals surface area contributed by atoms with Crippen molar-refractivity contribution in [2.45, 2.75) is 31.2 Å². The van der Waals surface area contributed by atoms with Crippen molar-refractivity contribution in [3.05, 3.63) is 30.0 Å². The molecular formula is C14H20N2O2S. The molecule has 0 aliphatic rings.